The first-order valence-electron chi connectivity index (χ1n) is 6.96. The Labute approximate surface area is 137 Å². The number of halogens is 1. The van der Waals surface area contributed by atoms with Crippen LogP contribution >= 0.6 is 11.6 Å². The first kappa shape index (κ1) is 15.1. The van der Waals surface area contributed by atoms with Crippen molar-refractivity contribution in [2.75, 3.05) is 10.6 Å². The third kappa shape index (κ3) is 3.19. The second kappa shape index (κ2) is 6.14. The van der Waals surface area contributed by atoms with E-state index in [0.717, 1.165) is 0 Å². The Morgan fingerprint density at radius 2 is 1.78 bits per heavy atom. The van der Waals surface area contributed by atoms with E-state index in [1.807, 2.05) is 6.07 Å². The molecule has 0 aliphatic rings. The molecule has 0 unspecified atom stereocenters. The fourth-order valence-corrected chi connectivity index (χ4v) is 2.56. The number of nitrogens with one attached hydrogen (secondary N) is 2. The van der Waals surface area contributed by atoms with Gasteiger partial charge in [0.15, 0.2) is 0 Å². The number of hydrogen-bond donors (Lipinski definition) is 2. The lowest BCUT2D eigenvalue weighted by Gasteiger charge is -2.12. The number of aryl methyl sites for hydroxylation is 1. The number of urea groups is 1. The summed E-state index contributed by atoms with van der Waals surface area (Å²) in [6, 6.07) is 13.6. The number of carbonyl (C=O) groups excluding carboxylic acids is 1. The lowest BCUT2D eigenvalue weighted by Crippen LogP contribution is -2.22. The third-order valence-electron chi connectivity index (χ3n) is 3.42. The van der Waals surface area contributed by atoms with Gasteiger partial charge in [0.25, 0.3) is 5.56 Å². The molecule has 0 saturated carbocycles. The Morgan fingerprint density at radius 3 is 2.52 bits per heavy atom. The van der Waals surface area contributed by atoms with Gasteiger partial charge in [-0.1, -0.05) is 35.9 Å². The highest BCUT2D eigenvalue weighted by Gasteiger charge is 2.09. The Kier molecular flexibility index (Phi) is 4.04. The lowest BCUT2D eigenvalue weighted by molar-refractivity contribution is 0.262. The predicted molar refractivity (Wildman–Crippen MR) is 93.3 cm³/mol. The molecule has 6 heteroatoms. The molecule has 2 N–H and O–H groups in total. The molecule has 2 amide bonds. The van der Waals surface area contributed by atoms with Gasteiger partial charge in [0.05, 0.1) is 5.69 Å². The van der Waals surface area contributed by atoms with Crippen LogP contribution in [0.5, 0.6) is 0 Å². The Bertz CT molecular complexity index is 950. The van der Waals surface area contributed by atoms with Crippen molar-refractivity contribution in [2.24, 2.45) is 7.05 Å². The van der Waals surface area contributed by atoms with Crippen LogP contribution < -0.4 is 16.2 Å². The van der Waals surface area contributed by atoms with E-state index < -0.39 is 6.03 Å². The van der Waals surface area contributed by atoms with Gasteiger partial charge in [0, 0.05) is 34.7 Å². The molecule has 3 aromatic rings. The van der Waals surface area contributed by atoms with Crippen molar-refractivity contribution in [2.45, 2.75) is 0 Å². The smallest absolute Gasteiger partial charge is 0.316 e. The number of rotatable bonds is 2. The summed E-state index contributed by atoms with van der Waals surface area (Å²) in [7, 11) is 1.65. The quantitative estimate of drug-likeness (QED) is 0.751. The summed E-state index contributed by atoms with van der Waals surface area (Å²) >= 11 is 5.90. The lowest BCUT2D eigenvalue weighted by atomic mass is 10.1. The fraction of sp³-hybridized carbons (Fsp3) is 0.0588. The molecule has 3 rings (SSSR count). The van der Waals surface area contributed by atoms with Gasteiger partial charge in [-0.05, 0) is 24.3 Å². The van der Waals surface area contributed by atoms with E-state index in [1.165, 1.54) is 4.57 Å². The second-order valence-corrected chi connectivity index (χ2v) is 5.53. The van der Waals surface area contributed by atoms with Crippen LogP contribution in [0.15, 0.2) is 59.5 Å². The molecule has 0 bridgehead atoms. The Hall–Kier alpha value is -2.79. The van der Waals surface area contributed by atoms with Crippen molar-refractivity contribution in [3.8, 4) is 0 Å². The van der Waals surface area contributed by atoms with Gasteiger partial charge in [-0.25, -0.2) is 4.79 Å². The maximum Gasteiger partial charge on any atom is 0.323 e. The molecule has 0 aliphatic heterocycles. The molecular weight excluding hydrogens is 314 g/mol. The van der Waals surface area contributed by atoms with E-state index in [-0.39, 0.29) is 5.56 Å². The van der Waals surface area contributed by atoms with Crippen LogP contribution in [-0.4, -0.2) is 10.6 Å². The first-order valence-corrected chi connectivity index (χ1v) is 7.34. The third-order valence-corrected chi connectivity index (χ3v) is 3.66. The van der Waals surface area contributed by atoms with Crippen molar-refractivity contribution in [1.82, 2.24) is 4.57 Å². The van der Waals surface area contributed by atoms with Gasteiger partial charge in [0.1, 0.15) is 0 Å². The van der Waals surface area contributed by atoms with Gasteiger partial charge in [-0.15, -0.1) is 0 Å². The maximum absolute atomic E-state index is 12.2. The minimum atomic E-state index is -0.406. The van der Waals surface area contributed by atoms with E-state index in [2.05, 4.69) is 10.6 Å². The van der Waals surface area contributed by atoms with E-state index in [9.17, 15) is 9.59 Å². The molecule has 0 fully saturated rings. The van der Waals surface area contributed by atoms with Gasteiger partial charge < -0.3 is 15.2 Å². The van der Waals surface area contributed by atoms with Crippen molar-refractivity contribution in [3.63, 3.8) is 0 Å². The van der Waals surface area contributed by atoms with Crippen molar-refractivity contribution in [1.29, 1.82) is 0 Å². The minimum absolute atomic E-state index is 0.110. The van der Waals surface area contributed by atoms with Gasteiger partial charge in [-0.2, -0.15) is 0 Å². The molecule has 23 heavy (non-hydrogen) atoms. The zero-order chi connectivity index (χ0) is 16.4. The molecular formula is C17H14ClN3O2. The summed E-state index contributed by atoms with van der Waals surface area (Å²) in [6.45, 7) is 0. The normalized spacial score (nSPS) is 10.5. The molecule has 5 nitrogen and oxygen atoms in total. The van der Waals surface area contributed by atoms with Crippen molar-refractivity contribution >= 4 is 39.8 Å². The average molecular weight is 328 g/mol. The highest BCUT2D eigenvalue weighted by Crippen LogP contribution is 2.21. The zero-order valence-electron chi connectivity index (χ0n) is 12.3. The maximum atomic E-state index is 12.2. The van der Waals surface area contributed by atoms with E-state index in [1.54, 1.807) is 55.7 Å². The highest BCUT2D eigenvalue weighted by molar-refractivity contribution is 6.30. The summed E-state index contributed by atoms with van der Waals surface area (Å²) in [4.78, 5) is 24.3. The Morgan fingerprint density at radius 1 is 1.04 bits per heavy atom. The monoisotopic (exact) mass is 327 g/mol. The number of aromatic nitrogens is 1. The summed E-state index contributed by atoms with van der Waals surface area (Å²) in [5.74, 6) is 0. The van der Waals surface area contributed by atoms with Crippen LogP contribution in [0.4, 0.5) is 16.2 Å². The molecule has 0 atom stereocenters. The van der Waals surface area contributed by atoms with Crippen LogP contribution in [0, 0.1) is 0 Å². The number of pyridine rings is 1. The highest BCUT2D eigenvalue weighted by atomic mass is 35.5. The SMILES string of the molecule is Cn1cc(NC(=O)Nc2cccc(Cl)c2)c2ccccc2c1=O. The molecule has 0 aliphatic carbocycles. The van der Waals surface area contributed by atoms with E-state index >= 15 is 0 Å². The topological polar surface area (TPSA) is 63.1 Å². The van der Waals surface area contributed by atoms with Gasteiger partial charge in [0.2, 0.25) is 0 Å². The van der Waals surface area contributed by atoms with Crippen molar-refractivity contribution in [3.05, 3.63) is 70.1 Å². The van der Waals surface area contributed by atoms with Crippen LogP contribution in [0.25, 0.3) is 10.8 Å². The summed E-state index contributed by atoms with van der Waals surface area (Å²) in [5.41, 5.74) is 1.03. The second-order valence-electron chi connectivity index (χ2n) is 5.09. The zero-order valence-corrected chi connectivity index (χ0v) is 13.1. The molecule has 2 aromatic carbocycles. The van der Waals surface area contributed by atoms with Crippen molar-refractivity contribution < 1.29 is 4.79 Å². The van der Waals surface area contributed by atoms with E-state index in [4.69, 9.17) is 11.6 Å². The predicted octanol–water partition coefficient (Wildman–Crippen LogP) is 3.84. The number of benzene rings is 2. The molecule has 0 spiro atoms. The van der Waals surface area contributed by atoms with Gasteiger partial charge >= 0.3 is 6.03 Å². The summed E-state index contributed by atoms with van der Waals surface area (Å²) in [5, 5.41) is 7.26. The van der Waals surface area contributed by atoms with Crippen LogP contribution in [-0.2, 0) is 7.05 Å². The largest absolute Gasteiger partial charge is 0.323 e. The van der Waals surface area contributed by atoms with Crippen LogP contribution in [0.1, 0.15) is 0 Å². The fourth-order valence-electron chi connectivity index (χ4n) is 2.37. The van der Waals surface area contributed by atoms with Crippen LogP contribution in [0.3, 0.4) is 0 Å². The number of fused-ring (bicyclic) bond motifs is 1. The molecule has 116 valence electrons. The first-order chi connectivity index (χ1) is 11.0. The minimum Gasteiger partial charge on any atom is -0.316 e. The molecule has 1 aromatic heterocycles. The molecule has 0 saturated heterocycles. The average Bonchev–Trinajstić information content (AvgIpc) is 2.52. The van der Waals surface area contributed by atoms with E-state index in [0.29, 0.717) is 27.2 Å². The summed E-state index contributed by atoms with van der Waals surface area (Å²) < 4.78 is 1.44. The molecule has 0 radical (unpaired) electrons. The van der Waals surface area contributed by atoms with Crippen LogP contribution in [0.2, 0.25) is 5.02 Å². The number of carbonyl (C=O) groups is 1. The summed E-state index contributed by atoms with van der Waals surface area (Å²) in [6.07, 6.45) is 1.60. The number of amides is 2. The number of hydrogen-bond acceptors (Lipinski definition) is 2. The number of anilines is 2. The Balaban J connectivity index is 1.91. The standard InChI is InChI=1S/C17H14ClN3O2/c1-21-10-15(13-7-2-3-8-14(13)16(21)22)20-17(23)19-12-6-4-5-11(18)9-12/h2-10H,1H3,(H2,19,20,23). The van der Waals surface area contributed by atoms with Gasteiger partial charge in [-0.3, -0.25) is 4.79 Å². The molecule has 1 heterocycles. The number of nitrogens with zero attached hydrogens (tertiary/aromatic N) is 1.